The zero-order valence-electron chi connectivity index (χ0n) is 8.72. The van der Waals surface area contributed by atoms with Crippen LogP contribution in [0.3, 0.4) is 0 Å². The average molecular weight is 249 g/mol. The van der Waals surface area contributed by atoms with E-state index in [1.165, 1.54) is 6.07 Å². The van der Waals surface area contributed by atoms with E-state index < -0.39 is 5.97 Å². The Bertz CT molecular complexity index is 579. The lowest BCUT2D eigenvalue weighted by Gasteiger charge is -2.09. The summed E-state index contributed by atoms with van der Waals surface area (Å²) in [4.78, 5) is 11.1. The summed E-state index contributed by atoms with van der Waals surface area (Å²) in [7, 11) is 0. The minimum Gasteiger partial charge on any atom is -0.507 e. The first-order valence-electron chi connectivity index (χ1n) is 4.91. The molecule has 0 aliphatic rings. The van der Waals surface area contributed by atoms with Crippen LogP contribution in [0.2, 0.25) is 5.02 Å². The van der Waals surface area contributed by atoms with Crippen molar-refractivity contribution in [3.05, 3.63) is 53.1 Å². The van der Waals surface area contributed by atoms with Gasteiger partial charge < -0.3 is 10.2 Å². The molecule has 3 nitrogen and oxygen atoms in total. The Kier molecular flexibility index (Phi) is 3.02. The molecular formula is C13H9ClO3. The first-order chi connectivity index (χ1) is 8.11. The fraction of sp³-hybridized carbons (Fsp3) is 0. The molecule has 0 spiro atoms. The Balaban J connectivity index is 2.72. The standard InChI is InChI=1S/C13H9ClO3/c14-10-6-2-1-4-8(10)9-5-3-7-11(15)12(9)13(16)17/h1-7,15H,(H,16,17). The first-order valence-corrected chi connectivity index (χ1v) is 5.29. The van der Waals surface area contributed by atoms with Gasteiger partial charge in [0.2, 0.25) is 0 Å². The summed E-state index contributed by atoms with van der Waals surface area (Å²) in [6.45, 7) is 0. The minimum absolute atomic E-state index is 0.138. The molecule has 0 aliphatic heterocycles. The van der Waals surface area contributed by atoms with Gasteiger partial charge in [-0.3, -0.25) is 0 Å². The van der Waals surface area contributed by atoms with Crippen molar-refractivity contribution in [3.63, 3.8) is 0 Å². The van der Waals surface area contributed by atoms with Crippen molar-refractivity contribution in [2.45, 2.75) is 0 Å². The van der Waals surface area contributed by atoms with Gasteiger partial charge in [-0.25, -0.2) is 4.79 Å². The lowest BCUT2D eigenvalue weighted by molar-refractivity contribution is 0.0694. The van der Waals surface area contributed by atoms with Crippen LogP contribution in [0.5, 0.6) is 5.75 Å². The highest BCUT2D eigenvalue weighted by Crippen LogP contribution is 2.34. The maximum atomic E-state index is 11.1. The predicted molar refractivity (Wildman–Crippen MR) is 65.5 cm³/mol. The number of carboxylic acid groups (broad SMARTS) is 1. The molecule has 0 saturated heterocycles. The average Bonchev–Trinajstić information content (AvgIpc) is 2.28. The van der Waals surface area contributed by atoms with Gasteiger partial charge in [0.05, 0.1) is 0 Å². The number of carbonyl (C=O) groups is 1. The number of hydrogen-bond acceptors (Lipinski definition) is 2. The highest BCUT2D eigenvalue weighted by atomic mass is 35.5. The van der Waals surface area contributed by atoms with Gasteiger partial charge in [-0.05, 0) is 12.1 Å². The molecule has 0 bridgehead atoms. The number of benzene rings is 2. The zero-order valence-corrected chi connectivity index (χ0v) is 9.48. The molecule has 86 valence electrons. The third kappa shape index (κ3) is 2.10. The SMILES string of the molecule is O=C(O)c1c(O)cccc1-c1ccccc1Cl. The van der Waals surface area contributed by atoms with Crippen molar-refractivity contribution >= 4 is 17.6 Å². The first kappa shape index (κ1) is 11.5. The quantitative estimate of drug-likeness (QED) is 0.856. The molecule has 2 rings (SSSR count). The Morgan fingerprint density at radius 1 is 1.00 bits per heavy atom. The van der Waals surface area contributed by atoms with Crippen molar-refractivity contribution in [1.82, 2.24) is 0 Å². The molecular weight excluding hydrogens is 240 g/mol. The molecule has 2 aromatic rings. The maximum absolute atomic E-state index is 11.1. The number of rotatable bonds is 2. The van der Waals surface area contributed by atoms with Gasteiger partial charge in [-0.1, -0.05) is 41.9 Å². The molecule has 0 amide bonds. The van der Waals surface area contributed by atoms with Gasteiger partial charge in [0.25, 0.3) is 0 Å². The smallest absolute Gasteiger partial charge is 0.340 e. The fourth-order valence-corrected chi connectivity index (χ4v) is 1.91. The molecule has 0 saturated carbocycles. The lowest BCUT2D eigenvalue weighted by Crippen LogP contribution is -2.00. The normalized spacial score (nSPS) is 10.2. The van der Waals surface area contributed by atoms with Crippen LogP contribution in [-0.2, 0) is 0 Å². The maximum Gasteiger partial charge on any atom is 0.340 e. The van der Waals surface area contributed by atoms with Crippen molar-refractivity contribution in [3.8, 4) is 16.9 Å². The van der Waals surface area contributed by atoms with Crippen LogP contribution in [0, 0.1) is 0 Å². The molecule has 2 N–H and O–H groups in total. The van der Waals surface area contributed by atoms with E-state index in [0.29, 0.717) is 16.1 Å². The van der Waals surface area contributed by atoms with E-state index in [-0.39, 0.29) is 11.3 Å². The number of aromatic hydroxyl groups is 1. The Hall–Kier alpha value is -2.00. The van der Waals surface area contributed by atoms with Crippen molar-refractivity contribution in [1.29, 1.82) is 0 Å². The second-order valence-corrected chi connectivity index (χ2v) is 3.89. The van der Waals surface area contributed by atoms with Crippen LogP contribution in [0.25, 0.3) is 11.1 Å². The van der Waals surface area contributed by atoms with E-state index in [2.05, 4.69) is 0 Å². The van der Waals surface area contributed by atoms with Crippen LogP contribution in [-0.4, -0.2) is 16.2 Å². The van der Waals surface area contributed by atoms with E-state index in [9.17, 15) is 9.90 Å². The van der Waals surface area contributed by atoms with Crippen molar-refractivity contribution in [2.75, 3.05) is 0 Å². The van der Waals surface area contributed by atoms with Crippen LogP contribution in [0.1, 0.15) is 10.4 Å². The van der Waals surface area contributed by atoms with Gasteiger partial charge in [-0.15, -0.1) is 0 Å². The van der Waals surface area contributed by atoms with Gasteiger partial charge in [-0.2, -0.15) is 0 Å². The molecule has 0 atom stereocenters. The zero-order chi connectivity index (χ0) is 12.4. The van der Waals surface area contributed by atoms with Gasteiger partial charge in [0.15, 0.2) is 0 Å². The Morgan fingerprint density at radius 2 is 1.65 bits per heavy atom. The number of halogens is 1. The second kappa shape index (κ2) is 4.47. The third-order valence-corrected chi connectivity index (χ3v) is 2.75. The van der Waals surface area contributed by atoms with Gasteiger partial charge >= 0.3 is 5.97 Å². The van der Waals surface area contributed by atoms with Crippen LogP contribution in [0.15, 0.2) is 42.5 Å². The fourth-order valence-electron chi connectivity index (χ4n) is 1.67. The number of aromatic carboxylic acids is 1. The highest BCUT2D eigenvalue weighted by Gasteiger charge is 2.17. The van der Waals surface area contributed by atoms with Crippen molar-refractivity contribution in [2.24, 2.45) is 0 Å². The topological polar surface area (TPSA) is 57.5 Å². The monoisotopic (exact) mass is 248 g/mol. The molecule has 4 heteroatoms. The van der Waals surface area contributed by atoms with Crippen LogP contribution < -0.4 is 0 Å². The molecule has 0 aliphatic carbocycles. The molecule has 0 fully saturated rings. The number of phenols is 1. The summed E-state index contributed by atoms with van der Waals surface area (Å²) < 4.78 is 0. The molecule has 17 heavy (non-hydrogen) atoms. The minimum atomic E-state index is -1.18. The molecule has 2 aromatic carbocycles. The Labute approximate surface area is 103 Å². The number of carboxylic acids is 1. The summed E-state index contributed by atoms with van der Waals surface area (Å²) in [6.07, 6.45) is 0. The Morgan fingerprint density at radius 3 is 2.29 bits per heavy atom. The van der Waals surface area contributed by atoms with Gasteiger partial charge in [0, 0.05) is 16.1 Å². The summed E-state index contributed by atoms with van der Waals surface area (Å²) in [5.41, 5.74) is 0.853. The molecule has 0 aromatic heterocycles. The largest absolute Gasteiger partial charge is 0.507 e. The van der Waals surface area contributed by atoms with E-state index in [0.717, 1.165) is 0 Å². The summed E-state index contributed by atoms with van der Waals surface area (Å²) in [5.74, 6) is -1.45. The summed E-state index contributed by atoms with van der Waals surface area (Å²) in [6, 6.07) is 11.4. The lowest BCUT2D eigenvalue weighted by atomic mass is 9.99. The van der Waals surface area contributed by atoms with E-state index in [1.54, 1.807) is 36.4 Å². The summed E-state index contributed by atoms with van der Waals surface area (Å²) >= 11 is 6.01. The third-order valence-electron chi connectivity index (χ3n) is 2.42. The van der Waals surface area contributed by atoms with Gasteiger partial charge in [0.1, 0.15) is 11.3 Å². The number of hydrogen-bond donors (Lipinski definition) is 2. The highest BCUT2D eigenvalue weighted by molar-refractivity contribution is 6.33. The molecule has 0 unspecified atom stereocenters. The van der Waals surface area contributed by atoms with E-state index in [4.69, 9.17) is 16.7 Å². The molecule has 0 heterocycles. The predicted octanol–water partition coefficient (Wildman–Crippen LogP) is 3.41. The van der Waals surface area contributed by atoms with Crippen molar-refractivity contribution < 1.29 is 15.0 Å². The van der Waals surface area contributed by atoms with E-state index in [1.807, 2.05) is 0 Å². The second-order valence-electron chi connectivity index (χ2n) is 3.48. The molecule has 0 radical (unpaired) electrons. The summed E-state index contributed by atoms with van der Waals surface area (Å²) in [5, 5.41) is 19.1. The van der Waals surface area contributed by atoms with E-state index >= 15 is 0 Å². The van der Waals surface area contributed by atoms with Crippen LogP contribution in [0.4, 0.5) is 0 Å². The van der Waals surface area contributed by atoms with Crippen LogP contribution >= 0.6 is 11.6 Å².